The van der Waals surface area contributed by atoms with E-state index in [0.29, 0.717) is 24.7 Å². The van der Waals surface area contributed by atoms with Crippen LogP contribution in [-0.4, -0.2) is 54.4 Å². The van der Waals surface area contributed by atoms with Crippen molar-refractivity contribution >= 4 is 11.7 Å². The van der Waals surface area contributed by atoms with Crippen LogP contribution in [0.2, 0.25) is 0 Å². The molecule has 0 radical (unpaired) electrons. The molecular formula is C14H24N4O2. The zero-order valence-corrected chi connectivity index (χ0v) is 12.7. The van der Waals surface area contributed by atoms with E-state index in [2.05, 4.69) is 29.4 Å². The first-order chi connectivity index (χ1) is 9.67. The predicted octanol–water partition coefficient (Wildman–Crippen LogP) is 1.80. The summed E-state index contributed by atoms with van der Waals surface area (Å²) < 4.78 is 5.09. The summed E-state index contributed by atoms with van der Waals surface area (Å²) in [4.78, 5) is 14.4. The van der Waals surface area contributed by atoms with E-state index in [1.54, 1.807) is 26.3 Å². The maximum absolute atomic E-state index is 12.6. The molecule has 1 aromatic heterocycles. The summed E-state index contributed by atoms with van der Waals surface area (Å²) in [6.45, 7) is 5.25. The van der Waals surface area contributed by atoms with E-state index in [9.17, 15) is 4.79 Å². The molecule has 6 nitrogen and oxygen atoms in total. The minimum absolute atomic E-state index is 0.0918. The number of aromatic nitrogens is 2. The van der Waals surface area contributed by atoms with Crippen LogP contribution in [-0.2, 0) is 4.74 Å². The van der Waals surface area contributed by atoms with Crippen LogP contribution in [0.1, 0.15) is 37.2 Å². The number of carbonyl (C=O) groups excluding carboxylic acids is 1. The zero-order chi connectivity index (χ0) is 15.0. The molecule has 1 N–H and O–H groups in total. The third-order valence-electron chi connectivity index (χ3n) is 3.32. The summed E-state index contributed by atoms with van der Waals surface area (Å²) in [6.07, 6.45) is 1.82. The topological polar surface area (TPSA) is 67.3 Å². The highest BCUT2D eigenvalue weighted by Crippen LogP contribution is 2.13. The van der Waals surface area contributed by atoms with Crippen LogP contribution in [0.25, 0.3) is 0 Å². The van der Waals surface area contributed by atoms with Gasteiger partial charge in [-0.1, -0.05) is 13.8 Å². The number of hydrogen-bond donors (Lipinski definition) is 1. The number of hydrogen-bond acceptors (Lipinski definition) is 5. The molecule has 0 bridgehead atoms. The van der Waals surface area contributed by atoms with Gasteiger partial charge in [-0.25, -0.2) is 0 Å². The summed E-state index contributed by atoms with van der Waals surface area (Å²) in [6, 6.07) is 3.65. The van der Waals surface area contributed by atoms with E-state index >= 15 is 0 Å². The third kappa shape index (κ3) is 4.16. The van der Waals surface area contributed by atoms with Gasteiger partial charge >= 0.3 is 0 Å². The van der Waals surface area contributed by atoms with Gasteiger partial charge in [0.15, 0.2) is 5.69 Å². The molecule has 0 aromatic carbocycles. The first-order valence-electron chi connectivity index (χ1n) is 6.99. The predicted molar refractivity (Wildman–Crippen MR) is 78.9 cm³/mol. The van der Waals surface area contributed by atoms with Gasteiger partial charge in [-0.2, -0.15) is 0 Å². The highest BCUT2D eigenvalue weighted by molar-refractivity contribution is 5.92. The summed E-state index contributed by atoms with van der Waals surface area (Å²) >= 11 is 0. The fraction of sp³-hybridized carbons (Fsp3) is 0.643. The highest BCUT2D eigenvalue weighted by Gasteiger charge is 2.23. The molecule has 0 atom stereocenters. The van der Waals surface area contributed by atoms with Crippen molar-refractivity contribution in [2.75, 3.05) is 32.6 Å². The van der Waals surface area contributed by atoms with Crippen LogP contribution in [0, 0.1) is 0 Å². The Morgan fingerprint density at radius 2 is 2.05 bits per heavy atom. The number of carbonyl (C=O) groups is 1. The van der Waals surface area contributed by atoms with Gasteiger partial charge in [-0.3, -0.25) is 4.79 Å². The van der Waals surface area contributed by atoms with Crippen LogP contribution in [0.15, 0.2) is 12.1 Å². The number of rotatable bonds is 8. The summed E-state index contributed by atoms with van der Waals surface area (Å²) in [7, 11) is 3.40. The smallest absolute Gasteiger partial charge is 0.274 e. The molecule has 0 aliphatic rings. The fourth-order valence-electron chi connectivity index (χ4n) is 2.10. The average Bonchev–Trinajstić information content (AvgIpc) is 2.51. The molecule has 6 heteroatoms. The van der Waals surface area contributed by atoms with E-state index < -0.39 is 0 Å². The first-order valence-corrected chi connectivity index (χ1v) is 6.99. The second-order valence-corrected chi connectivity index (χ2v) is 4.52. The molecule has 0 saturated heterocycles. The van der Waals surface area contributed by atoms with Gasteiger partial charge in [0.25, 0.3) is 5.91 Å². The monoisotopic (exact) mass is 280 g/mol. The summed E-state index contributed by atoms with van der Waals surface area (Å²) in [5.41, 5.74) is 0.368. The minimum Gasteiger partial charge on any atom is -0.383 e. The van der Waals surface area contributed by atoms with E-state index in [-0.39, 0.29) is 11.9 Å². The van der Waals surface area contributed by atoms with Crippen molar-refractivity contribution in [3.8, 4) is 0 Å². The highest BCUT2D eigenvalue weighted by atomic mass is 16.5. The second-order valence-electron chi connectivity index (χ2n) is 4.52. The van der Waals surface area contributed by atoms with Crippen LogP contribution >= 0.6 is 0 Å². The van der Waals surface area contributed by atoms with Crippen molar-refractivity contribution < 1.29 is 9.53 Å². The SMILES string of the molecule is CCC(CC)N(CCOC)C(=O)c1ccc(NC)nn1. The molecule has 0 saturated carbocycles. The van der Waals surface area contributed by atoms with Gasteiger partial charge < -0.3 is 15.0 Å². The molecule has 1 amide bonds. The molecule has 20 heavy (non-hydrogen) atoms. The lowest BCUT2D eigenvalue weighted by molar-refractivity contribution is 0.0582. The lowest BCUT2D eigenvalue weighted by Crippen LogP contribution is -2.42. The fourth-order valence-corrected chi connectivity index (χ4v) is 2.10. The molecule has 1 rings (SSSR count). The Kier molecular flexibility index (Phi) is 6.93. The van der Waals surface area contributed by atoms with Crippen molar-refractivity contribution in [3.63, 3.8) is 0 Å². The Morgan fingerprint density at radius 1 is 1.35 bits per heavy atom. The number of nitrogens with one attached hydrogen (secondary N) is 1. The molecule has 0 fully saturated rings. The number of amides is 1. The molecular weight excluding hydrogens is 256 g/mol. The number of methoxy groups -OCH3 is 1. The molecule has 0 aliphatic carbocycles. The first kappa shape index (κ1) is 16.4. The van der Waals surface area contributed by atoms with Crippen molar-refractivity contribution in [2.45, 2.75) is 32.7 Å². The molecule has 0 spiro atoms. The van der Waals surface area contributed by atoms with Gasteiger partial charge in [0.1, 0.15) is 5.82 Å². The van der Waals surface area contributed by atoms with Gasteiger partial charge in [0.2, 0.25) is 0 Å². The Bertz CT molecular complexity index is 404. The largest absolute Gasteiger partial charge is 0.383 e. The van der Waals surface area contributed by atoms with Crippen LogP contribution in [0.4, 0.5) is 5.82 Å². The Balaban J connectivity index is 2.89. The molecule has 112 valence electrons. The van der Waals surface area contributed by atoms with Crippen LogP contribution < -0.4 is 5.32 Å². The summed E-state index contributed by atoms with van der Waals surface area (Å²) in [5.74, 6) is 0.554. The lowest BCUT2D eigenvalue weighted by atomic mass is 10.1. The van der Waals surface area contributed by atoms with E-state index in [0.717, 1.165) is 12.8 Å². The molecule has 0 unspecified atom stereocenters. The minimum atomic E-state index is -0.0918. The number of nitrogens with zero attached hydrogens (tertiary/aromatic N) is 3. The maximum atomic E-state index is 12.6. The Morgan fingerprint density at radius 3 is 2.50 bits per heavy atom. The molecule has 1 heterocycles. The molecule has 1 aromatic rings. The van der Waals surface area contributed by atoms with Gasteiger partial charge in [-0.15, -0.1) is 10.2 Å². The normalized spacial score (nSPS) is 10.7. The Hall–Kier alpha value is -1.69. The van der Waals surface area contributed by atoms with Crippen molar-refractivity contribution in [3.05, 3.63) is 17.8 Å². The van der Waals surface area contributed by atoms with E-state index in [4.69, 9.17) is 4.74 Å². The second kappa shape index (κ2) is 8.47. The van der Waals surface area contributed by atoms with Crippen molar-refractivity contribution in [1.82, 2.24) is 15.1 Å². The van der Waals surface area contributed by atoms with Gasteiger partial charge in [-0.05, 0) is 25.0 Å². The van der Waals surface area contributed by atoms with E-state index in [1.165, 1.54) is 0 Å². The summed E-state index contributed by atoms with van der Waals surface area (Å²) in [5, 5.41) is 10.8. The standard InChI is InChI=1S/C14H24N4O2/c1-5-11(6-2)18(9-10-20-4)14(19)12-7-8-13(15-3)17-16-12/h7-8,11H,5-6,9-10H2,1-4H3,(H,15,17). The van der Waals surface area contributed by atoms with Crippen molar-refractivity contribution in [2.24, 2.45) is 0 Å². The van der Waals surface area contributed by atoms with Crippen LogP contribution in [0.3, 0.4) is 0 Å². The van der Waals surface area contributed by atoms with Crippen molar-refractivity contribution in [1.29, 1.82) is 0 Å². The van der Waals surface area contributed by atoms with Gasteiger partial charge in [0, 0.05) is 26.7 Å². The quantitative estimate of drug-likeness (QED) is 0.786. The van der Waals surface area contributed by atoms with E-state index in [1.807, 2.05) is 4.90 Å². The Labute approximate surface area is 120 Å². The zero-order valence-electron chi connectivity index (χ0n) is 12.7. The van der Waals surface area contributed by atoms with Crippen LogP contribution in [0.5, 0.6) is 0 Å². The maximum Gasteiger partial charge on any atom is 0.274 e. The van der Waals surface area contributed by atoms with Gasteiger partial charge in [0.05, 0.1) is 6.61 Å². The third-order valence-corrected chi connectivity index (χ3v) is 3.32. The number of ether oxygens (including phenoxy) is 1. The molecule has 0 aliphatic heterocycles. The number of anilines is 1. The average molecular weight is 280 g/mol. The lowest BCUT2D eigenvalue weighted by Gasteiger charge is -2.30.